The Balaban J connectivity index is 1.08. The SMILES string of the molecule is C#Cc1ccc2c(c1)C(=O)N(C)Cc1c(C(=O)OCCCOC(=O)c3ncn4c3CN(C)C(=O)C3=CC(C#C)CC=C34)ncn1-2. The highest BCUT2D eigenvalue weighted by Crippen LogP contribution is 2.33. The van der Waals surface area contributed by atoms with Gasteiger partial charge in [0.05, 0.1) is 60.2 Å². The van der Waals surface area contributed by atoms with Gasteiger partial charge in [-0.2, -0.15) is 0 Å². The summed E-state index contributed by atoms with van der Waals surface area (Å²) in [6.07, 6.45) is 18.5. The number of hydrogen-bond donors (Lipinski definition) is 0. The zero-order chi connectivity index (χ0) is 31.8. The average molecular weight is 605 g/mol. The van der Waals surface area contributed by atoms with Gasteiger partial charge in [-0.1, -0.05) is 24.0 Å². The molecule has 0 saturated heterocycles. The number of hydrogen-bond acceptors (Lipinski definition) is 8. The lowest BCUT2D eigenvalue weighted by Crippen LogP contribution is -2.27. The van der Waals surface area contributed by atoms with E-state index in [2.05, 4.69) is 21.8 Å². The van der Waals surface area contributed by atoms with Gasteiger partial charge in [0.2, 0.25) is 0 Å². The Bertz CT molecular complexity index is 1920. The molecule has 1 unspecified atom stereocenters. The molecule has 12 heteroatoms. The van der Waals surface area contributed by atoms with E-state index in [0.717, 1.165) is 0 Å². The van der Waals surface area contributed by atoms with E-state index in [1.807, 2.05) is 6.08 Å². The molecule has 0 fully saturated rings. The van der Waals surface area contributed by atoms with Crippen LogP contribution < -0.4 is 0 Å². The number of carbonyl (C=O) groups is 4. The Hall–Kier alpha value is -5.88. The van der Waals surface area contributed by atoms with Gasteiger partial charge in [0, 0.05) is 32.0 Å². The van der Waals surface area contributed by atoms with Crippen LogP contribution in [-0.4, -0.2) is 80.0 Å². The number of fused-ring (bicyclic) bond motifs is 6. The lowest BCUT2D eigenvalue weighted by molar-refractivity contribution is -0.125. The van der Waals surface area contributed by atoms with E-state index in [4.69, 9.17) is 22.3 Å². The van der Waals surface area contributed by atoms with E-state index < -0.39 is 11.9 Å². The molecule has 2 aromatic heterocycles. The quantitative estimate of drug-likeness (QED) is 0.239. The van der Waals surface area contributed by atoms with Gasteiger partial charge in [0.25, 0.3) is 11.8 Å². The first-order valence-corrected chi connectivity index (χ1v) is 14.2. The van der Waals surface area contributed by atoms with Crippen LogP contribution in [0.4, 0.5) is 0 Å². The topological polar surface area (TPSA) is 129 Å². The van der Waals surface area contributed by atoms with Crippen LogP contribution in [0.2, 0.25) is 0 Å². The Kier molecular flexibility index (Phi) is 7.57. The molecular formula is C33H28N6O6. The molecule has 0 saturated carbocycles. The number of terminal acetylenes is 2. The molecule has 6 rings (SSSR count). The number of esters is 2. The van der Waals surface area contributed by atoms with E-state index in [1.165, 1.54) is 22.5 Å². The number of ether oxygens (including phenoxy) is 2. The van der Waals surface area contributed by atoms with Crippen molar-refractivity contribution in [3.05, 3.63) is 82.5 Å². The molecule has 2 aliphatic heterocycles. The monoisotopic (exact) mass is 604 g/mol. The predicted molar refractivity (Wildman–Crippen MR) is 160 cm³/mol. The Morgan fingerprint density at radius 3 is 2.20 bits per heavy atom. The van der Waals surface area contributed by atoms with Crippen molar-refractivity contribution < 1.29 is 28.7 Å². The summed E-state index contributed by atoms with van der Waals surface area (Å²) < 4.78 is 14.3. The van der Waals surface area contributed by atoms with E-state index in [1.54, 1.807) is 47.5 Å². The largest absolute Gasteiger partial charge is 0.461 e. The van der Waals surface area contributed by atoms with Crippen molar-refractivity contribution in [3.63, 3.8) is 0 Å². The first kappa shape index (κ1) is 29.2. The average Bonchev–Trinajstić information content (AvgIpc) is 3.62. The van der Waals surface area contributed by atoms with Crippen molar-refractivity contribution in [2.45, 2.75) is 25.9 Å². The van der Waals surface area contributed by atoms with Gasteiger partial charge in [-0.05, 0) is 24.6 Å². The molecule has 3 aromatic rings. The third-order valence-corrected chi connectivity index (χ3v) is 7.91. The first-order valence-electron chi connectivity index (χ1n) is 14.2. The van der Waals surface area contributed by atoms with Crippen molar-refractivity contribution in [2.24, 2.45) is 5.92 Å². The van der Waals surface area contributed by atoms with Crippen LogP contribution >= 0.6 is 0 Å². The Morgan fingerprint density at radius 2 is 1.56 bits per heavy atom. The fourth-order valence-electron chi connectivity index (χ4n) is 5.57. The highest BCUT2D eigenvalue weighted by molar-refractivity contribution is 6.07. The number of allylic oxidation sites excluding steroid dienone is 2. The van der Waals surface area contributed by atoms with Crippen molar-refractivity contribution in [3.8, 4) is 30.4 Å². The minimum absolute atomic E-state index is 0.0334. The van der Waals surface area contributed by atoms with Gasteiger partial charge in [-0.25, -0.2) is 19.6 Å². The molecule has 2 amide bonds. The molecule has 0 radical (unpaired) electrons. The maximum atomic E-state index is 13.0. The third-order valence-electron chi connectivity index (χ3n) is 7.91. The van der Waals surface area contributed by atoms with Crippen molar-refractivity contribution in [2.75, 3.05) is 27.3 Å². The zero-order valence-electron chi connectivity index (χ0n) is 24.6. The molecule has 0 bridgehead atoms. The molecular weight excluding hydrogens is 576 g/mol. The highest BCUT2D eigenvalue weighted by atomic mass is 16.5. The van der Waals surface area contributed by atoms with Gasteiger partial charge in [-0.3, -0.25) is 14.2 Å². The van der Waals surface area contributed by atoms with Gasteiger partial charge >= 0.3 is 11.9 Å². The number of likely N-dealkylation sites (N-methyl/N-ethyl adjacent to an activating group) is 1. The minimum atomic E-state index is -0.663. The number of rotatable bonds is 6. The summed E-state index contributed by atoms with van der Waals surface area (Å²) in [5.74, 6) is 3.28. The fourth-order valence-corrected chi connectivity index (χ4v) is 5.57. The van der Waals surface area contributed by atoms with E-state index in [9.17, 15) is 19.2 Å². The van der Waals surface area contributed by atoms with Crippen LogP contribution in [0.1, 0.15) is 61.1 Å². The molecule has 226 valence electrons. The Morgan fingerprint density at radius 1 is 0.933 bits per heavy atom. The van der Waals surface area contributed by atoms with Crippen LogP contribution in [0.3, 0.4) is 0 Å². The van der Waals surface area contributed by atoms with Crippen LogP contribution in [0, 0.1) is 30.6 Å². The summed E-state index contributed by atoms with van der Waals surface area (Å²) in [4.78, 5) is 63.5. The van der Waals surface area contributed by atoms with Crippen LogP contribution in [-0.2, 0) is 27.4 Å². The maximum Gasteiger partial charge on any atom is 0.358 e. The summed E-state index contributed by atoms with van der Waals surface area (Å²) in [6.45, 7) is 0.219. The summed E-state index contributed by atoms with van der Waals surface area (Å²) in [6, 6.07) is 5.08. The fraction of sp³-hybridized carbons (Fsp3) is 0.273. The summed E-state index contributed by atoms with van der Waals surface area (Å²) in [5, 5.41) is 0. The lowest BCUT2D eigenvalue weighted by Gasteiger charge is -2.19. The number of amides is 2. The maximum absolute atomic E-state index is 13.0. The van der Waals surface area contributed by atoms with E-state index in [-0.39, 0.29) is 61.8 Å². The molecule has 1 aliphatic carbocycles. The van der Waals surface area contributed by atoms with Crippen molar-refractivity contribution in [1.82, 2.24) is 28.9 Å². The third kappa shape index (κ3) is 5.17. The number of aromatic nitrogens is 4. The molecule has 12 nitrogen and oxygen atoms in total. The second kappa shape index (κ2) is 11.7. The minimum Gasteiger partial charge on any atom is -0.461 e. The molecule has 45 heavy (non-hydrogen) atoms. The number of carbonyl (C=O) groups excluding carboxylic acids is 4. The van der Waals surface area contributed by atoms with Crippen molar-refractivity contribution >= 4 is 29.5 Å². The normalized spacial score (nSPS) is 16.8. The Labute approximate surface area is 258 Å². The van der Waals surface area contributed by atoms with Crippen LogP contribution in [0.15, 0.2) is 48.6 Å². The number of benzene rings is 1. The molecule has 4 heterocycles. The van der Waals surface area contributed by atoms with Crippen LogP contribution in [0.25, 0.3) is 11.4 Å². The van der Waals surface area contributed by atoms with Gasteiger partial charge < -0.3 is 23.8 Å². The summed E-state index contributed by atoms with van der Waals surface area (Å²) >= 11 is 0. The van der Waals surface area contributed by atoms with Gasteiger partial charge in [-0.15, -0.1) is 12.8 Å². The number of imidazole rings is 2. The predicted octanol–water partition coefficient (Wildman–Crippen LogP) is 2.43. The van der Waals surface area contributed by atoms with E-state index in [0.29, 0.717) is 45.9 Å². The van der Waals surface area contributed by atoms with E-state index >= 15 is 0 Å². The second-order valence-corrected chi connectivity index (χ2v) is 10.8. The standard InChI is InChI=1S/C33H28N6O6/c1-5-20-8-10-24-22(14-20)30(40)36(3)16-26-28(34-18-38(24)26)32(42)44-12-7-13-45-33(43)29-27-17-37(4)31(41)23-15-21(6-2)9-11-25(23)39(27)19-35-29/h1-2,8,10-11,14-15,18-19,21H,7,9,12-13,16-17H2,3-4H3. The number of nitrogens with zero attached hydrogens (tertiary/aromatic N) is 6. The molecule has 0 spiro atoms. The second-order valence-electron chi connectivity index (χ2n) is 10.8. The lowest BCUT2D eigenvalue weighted by atomic mass is 9.94. The van der Waals surface area contributed by atoms with Crippen molar-refractivity contribution in [1.29, 1.82) is 0 Å². The molecule has 1 atom stereocenters. The summed E-state index contributed by atoms with van der Waals surface area (Å²) in [5.41, 5.74) is 3.85. The summed E-state index contributed by atoms with van der Waals surface area (Å²) in [7, 11) is 3.28. The van der Waals surface area contributed by atoms with Crippen LogP contribution in [0.5, 0.6) is 0 Å². The molecule has 3 aliphatic rings. The zero-order valence-corrected chi connectivity index (χ0v) is 24.6. The first-order chi connectivity index (χ1) is 21.7. The molecule has 1 aromatic carbocycles. The van der Waals surface area contributed by atoms with Gasteiger partial charge in [0.1, 0.15) is 12.7 Å². The van der Waals surface area contributed by atoms with Gasteiger partial charge in [0.15, 0.2) is 11.4 Å². The smallest absolute Gasteiger partial charge is 0.358 e. The highest BCUT2D eigenvalue weighted by Gasteiger charge is 2.33. The molecule has 0 N–H and O–H groups in total.